The number of hydrogen-bond acceptors (Lipinski definition) is 5. The fourth-order valence-corrected chi connectivity index (χ4v) is 3.00. The van der Waals surface area contributed by atoms with Crippen molar-refractivity contribution in [3.05, 3.63) is 35.4 Å². The van der Waals surface area contributed by atoms with Crippen molar-refractivity contribution in [1.82, 2.24) is 15.5 Å². The highest BCUT2D eigenvalue weighted by Crippen LogP contribution is 2.39. The summed E-state index contributed by atoms with van der Waals surface area (Å²) < 4.78 is 17.8. The number of aromatic amines is 1. The van der Waals surface area contributed by atoms with E-state index in [1.807, 2.05) is 72.7 Å². The number of nitrogens with zero attached hydrogens (tertiary/aromatic N) is 1. The van der Waals surface area contributed by atoms with E-state index in [1.54, 1.807) is 6.20 Å². The lowest BCUT2D eigenvalue weighted by molar-refractivity contribution is 0.00578. The van der Waals surface area contributed by atoms with Crippen molar-refractivity contribution in [1.29, 1.82) is 0 Å². The molecule has 29 heavy (non-hydrogen) atoms. The van der Waals surface area contributed by atoms with Crippen LogP contribution >= 0.6 is 0 Å². The zero-order chi connectivity index (χ0) is 21.4. The second-order valence-corrected chi connectivity index (χ2v) is 9.34. The maximum atomic E-state index is 12.2. The molecule has 2 aromatic rings. The number of nitrogens with one attached hydrogen (secondary N) is 2. The largest absolute Gasteiger partial charge is 0.492 e. The zero-order valence-electron chi connectivity index (χ0n) is 18.3. The van der Waals surface area contributed by atoms with E-state index in [0.29, 0.717) is 0 Å². The van der Waals surface area contributed by atoms with Crippen LogP contribution in [0.15, 0.2) is 29.9 Å². The molecule has 1 amide bonds. The van der Waals surface area contributed by atoms with Crippen LogP contribution in [0, 0.1) is 0 Å². The lowest BCUT2D eigenvalue weighted by Gasteiger charge is -2.32. The molecule has 0 saturated carbocycles. The van der Waals surface area contributed by atoms with Crippen molar-refractivity contribution in [3.8, 4) is 0 Å². The van der Waals surface area contributed by atoms with Gasteiger partial charge < -0.3 is 19.4 Å². The number of benzene rings is 1. The van der Waals surface area contributed by atoms with Gasteiger partial charge in [0.2, 0.25) is 0 Å². The summed E-state index contributed by atoms with van der Waals surface area (Å²) in [6, 6.07) is 5.92. The van der Waals surface area contributed by atoms with Crippen molar-refractivity contribution < 1.29 is 18.8 Å². The number of H-pyrrole nitrogens is 1. The third-order valence-corrected chi connectivity index (χ3v) is 5.25. The lowest BCUT2D eigenvalue weighted by Crippen LogP contribution is -2.41. The molecule has 0 unspecified atom stereocenters. The lowest BCUT2D eigenvalue weighted by atomic mass is 9.76. The highest BCUT2D eigenvalue weighted by atomic mass is 16.7. The Morgan fingerprint density at radius 3 is 2.52 bits per heavy atom. The summed E-state index contributed by atoms with van der Waals surface area (Å²) in [4.78, 5) is 12.2. The minimum atomic E-state index is -0.586. The number of ether oxygens (including phenoxy) is 1. The summed E-state index contributed by atoms with van der Waals surface area (Å²) >= 11 is 0. The summed E-state index contributed by atoms with van der Waals surface area (Å²) in [7, 11) is -0.586. The maximum Gasteiger partial charge on any atom is 0.492 e. The minimum absolute atomic E-state index is 0.236. The third kappa shape index (κ3) is 4.82. The van der Waals surface area contributed by atoms with Gasteiger partial charge in [-0.05, 0) is 65.6 Å². The Bertz CT molecular complexity index is 911. The molecule has 2 heterocycles. The van der Waals surface area contributed by atoms with Gasteiger partial charge in [0.25, 0.3) is 0 Å². The van der Waals surface area contributed by atoms with Crippen LogP contribution in [0.5, 0.6) is 0 Å². The number of amides is 1. The first-order valence-electron chi connectivity index (χ1n) is 9.83. The van der Waals surface area contributed by atoms with Gasteiger partial charge in [0.1, 0.15) is 5.60 Å². The van der Waals surface area contributed by atoms with Gasteiger partial charge in [0.15, 0.2) is 0 Å². The number of hydrogen-bond donors (Lipinski definition) is 2. The van der Waals surface area contributed by atoms with Gasteiger partial charge in [0, 0.05) is 11.9 Å². The third-order valence-electron chi connectivity index (χ3n) is 5.25. The van der Waals surface area contributed by atoms with Gasteiger partial charge in [-0.3, -0.25) is 5.10 Å². The van der Waals surface area contributed by atoms with E-state index in [0.717, 1.165) is 21.9 Å². The van der Waals surface area contributed by atoms with Crippen molar-refractivity contribution in [2.75, 3.05) is 6.54 Å². The molecular weight excluding hydrogens is 369 g/mol. The molecule has 0 atom stereocenters. The van der Waals surface area contributed by atoms with Crippen molar-refractivity contribution >= 4 is 30.2 Å². The molecule has 1 aromatic carbocycles. The Labute approximate surface area is 172 Å². The summed E-state index contributed by atoms with van der Waals surface area (Å²) in [5, 5.41) is 10.9. The molecule has 0 bridgehead atoms. The molecule has 0 radical (unpaired) electrons. The highest BCUT2D eigenvalue weighted by Gasteiger charge is 2.52. The van der Waals surface area contributed by atoms with Crippen molar-refractivity contribution in [2.45, 2.75) is 65.3 Å². The molecule has 1 aromatic heterocycles. The van der Waals surface area contributed by atoms with Gasteiger partial charge in [-0.2, -0.15) is 5.10 Å². The standard InChI is InChI=1S/C21H30BN3O4/c1-19(2,3)27-18(26)23-12-15(22-28-20(4,5)21(6,7)29-22)11-14-9-8-10-17-16(14)13-24-25-17/h8-11,13H,12H2,1-7H3,(H,23,26)(H,24,25). The number of aromatic nitrogens is 2. The molecule has 2 N–H and O–H groups in total. The van der Waals surface area contributed by atoms with E-state index >= 15 is 0 Å². The normalized spacial score (nSPS) is 18.9. The molecule has 3 rings (SSSR count). The number of fused-ring (bicyclic) bond motifs is 1. The van der Waals surface area contributed by atoms with Gasteiger partial charge in [0.05, 0.1) is 22.9 Å². The van der Waals surface area contributed by atoms with E-state index in [4.69, 9.17) is 14.0 Å². The van der Waals surface area contributed by atoms with Gasteiger partial charge in [-0.15, -0.1) is 0 Å². The van der Waals surface area contributed by atoms with Crippen molar-refractivity contribution in [2.24, 2.45) is 0 Å². The quantitative estimate of drug-likeness (QED) is 0.756. The first kappa shape index (κ1) is 21.4. The first-order chi connectivity index (χ1) is 13.4. The first-order valence-corrected chi connectivity index (χ1v) is 9.83. The molecule has 156 valence electrons. The van der Waals surface area contributed by atoms with Crippen LogP contribution in [0.3, 0.4) is 0 Å². The highest BCUT2D eigenvalue weighted by molar-refractivity contribution is 6.56. The average molecular weight is 399 g/mol. The summed E-state index contributed by atoms with van der Waals surface area (Å²) in [5.74, 6) is 0. The summed E-state index contributed by atoms with van der Waals surface area (Å²) in [5.41, 5.74) is 1.16. The molecule has 1 aliphatic rings. The van der Waals surface area contributed by atoms with Crippen LogP contribution in [-0.2, 0) is 14.0 Å². The Balaban J connectivity index is 1.90. The Kier molecular flexibility index (Phi) is 5.53. The fourth-order valence-electron chi connectivity index (χ4n) is 3.00. The summed E-state index contributed by atoms with van der Waals surface area (Å²) in [6.45, 7) is 13.7. The minimum Gasteiger partial charge on any atom is -0.444 e. The van der Waals surface area contributed by atoms with E-state index in [-0.39, 0.29) is 6.54 Å². The Morgan fingerprint density at radius 2 is 1.90 bits per heavy atom. The smallest absolute Gasteiger partial charge is 0.444 e. The Hall–Kier alpha value is -2.32. The molecule has 1 fully saturated rings. The van der Waals surface area contributed by atoms with E-state index in [2.05, 4.69) is 15.5 Å². The fraction of sp³-hybridized carbons (Fsp3) is 0.524. The van der Waals surface area contributed by atoms with Crippen LogP contribution in [0.2, 0.25) is 0 Å². The van der Waals surface area contributed by atoms with Gasteiger partial charge in [-0.25, -0.2) is 4.79 Å². The van der Waals surface area contributed by atoms with Crippen LogP contribution in [0.4, 0.5) is 4.79 Å². The van der Waals surface area contributed by atoms with E-state index < -0.39 is 30.0 Å². The molecule has 0 aliphatic carbocycles. The molecular formula is C21H30BN3O4. The second kappa shape index (κ2) is 7.50. The Morgan fingerprint density at radius 1 is 1.24 bits per heavy atom. The molecule has 8 heteroatoms. The number of rotatable bonds is 4. The number of carbonyl (C=O) groups is 1. The maximum absolute atomic E-state index is 12.2. The number of alkyl carbamates (subject to hydrolysis) is 1. The van der Waals surface area contributed by atoms with Crippen LogP contribution < -0.4 is 5.32 Å². The van der Waals surface area contributed by atoms with E-state index in [9.17, 15) is 4.79 Å². The predicted octanol–water partition coefficient (Wildman–Crippen LogP) is 4.10. The monoisotopic (exact) mass is 399 g/mol. The van der Waals surface area contributed by atoms with Crippen LogP contribution in [-0.4, -0.2) is 46.8 Å². The van der Waals surface area contributed by atoms with Gasteiger partial charge in [-0.1, -0.05) is 18.2 Å². The molecule has 1 aliphatic heterocycles. The number of carbonyl (C=O) groups excluding carboxylic acids is 1. The van der Waals surface area contributed by atoms with E-state index in [1.165, 1.54) is 0 Å². The average Bonchev–Trinajstić information content (AvgIpc) is 3.12. The van der Waals surface area contributed by atoms with Crippen LogP contribution in [0.25, 0.3) is 17.0 Å². The second-order valence-electron chi connectivity index (χ2n) is 9.34. The van der Waals surface area contributed by atoms with Crippen molar-refractivity contribution in [3.63, 3.8) is 0 Å². The van der Waals surface area contributed by atoms with Gasteiger partial charge >= 0.3 is 13.2 Å². The molecule has 0 spiro atoms. The predicted molar refractivity (Wildman–Crippen MR) is 114 cm³/mol. The topological polar surface area (TPSA) is 85.5 Å². The molecule has 7 nitrogen and oxygen atoms in total. The summed E-state index contributed by atoms with van der Waals surface area (Å²) in [6.07, 6.45) is 3.28. The molecule has 1 saturated heterocycles. The zero-order valence-corrected chi connectivity index (χ0v) is 18.3. The van der Waals surface area contributed by atoms with Crippen LogP contribution in [0.1, 0.15) is 54.0 Å². The SMILES string of the molecule is CC(C)(C)OC(=O)NCC(=Cc1cccc2[nH]ncc12)B1OC(C)(C)C(C)(C)O1.